The van der Waals surface area contributed by atoms with Crippen LogP contribution in [0.2, 0.25) is 0 Å². The Hall–Kier alpha value is -2.94. The van der Waals surface area contributed by atoms with Crippen molar-refractivity contribution in [2.45, 2.75) is 58.0 Å². The minimum absolute atomic E-state index is 0.0985. The minimum atomic E-state index is -1.83. The van der Waals surface area contributed by atoms with Crippen molar-refractivity contribution in [3.8, 4) is 0 Å². The molecule has 0 spiro atoms. The molecule has 1 saturated carbocycles. The maximum Gasteiger partial charge on any atom is 0.405 e. The van der Waals surface area contributed by atoms with Crippen molar-refractivity contribution in [2.75, 3.05) is 26.3 Å². The molecule has 9 nitrogen and oxygen atoms in total. The molecule has 2 amide bonds. The van der Waals surface area contributed by atoms with Crippen molar-refractivity contribution in [1.82, 2.24) is 9.88 Å². The zero-order chi connectivity index (χ0) is 25.0. The van der Waals surface area contributed by atoms with Crippen LogP contribution in [0.1, 0.15) is 63.1 Å². The van der Waals surface area contributed by atoms with E-state index in [0.717, 1.165) is 32.1 Å². The number of fused-ring (bicyclic) bond motifs is 1. The summed E-state index contributed by atoms with van der Waals surface area (Å²) in [5, 5.41) is 0. The van der Waals surface area contributed by atoms with Crippen molar-refractivity contribution in [2.24, 2.45) is 23.5 Å². The number of nitrogens with zero attached hydrogens (tertiary/aromatic N) is 2. The quantitative estimate of drug-likeness (QED) is 0.561. The fourth-order valence-corrected chi connectivity index (χ4v) is 5.96. The normalized spacial score (nSPS) is 20.7. The third-order valence-electron chi connectivity index (χ3n) is 7.66. The van der Waals surface area contributed by atoms with Crippen LogP contribution in [-0.4, -0.2) is 59.6 Å². The van der Waals surface area contributed by atoms with Gasteiger partial charge in [-0.1, -0.05) is 51.2 Å². The number of ether oxygens (including phenoxy) is 2. The fourth-order valence-electron chi connectivity index (χ4n) is 5.96. The van der Waals surface area contributed by atoms with E-state index in [1.165, 1.54) is 0 Å². The lowest BCUT2D eigenvalue weighted by Gasteiger charge is -2.46. The Morgan fingerprint density at radius 1 is 1.17 bits per heavy atom. The topological polar surface area (TPSA) is 125 Å². The lowest BCUT2D eigenvalue weighted by atomic mass is 9.64. The van der Waals surface area contributed by atoms with E-state index < -0.39 is 29.3 Å². The number of Topliss-reactive ketones (excluding diaryl/α,β-unsaturated/α-hetero) is 1. The van der Waals surface area contributed by atoms with Crippen LogP contribution in [0.15, 0.2) is 28.7 Å². The average Bonchev–Trinajstić information content (AvgIpc) is 3.32. The summed E-state index contributed by atoms with van der Waals surface area (Å²) in [7, 11) is 0. The largest absolute Gasteiger partial charge is 0.434 e. The summed E-state index contributed by atoms with van der Waals surface area (Å²) < 4.78 is 17.1. The second-order valence-electron chi connectivity index (χ2n) is 9.60. The maximum atomic E-state index is 14.4. The molecular formula is C26H35N3O6. The zero-order valence-corrected chi connectivity index (χ0v) is 20.5. The summed E-state index contributed by atoms with van der Waals surface area (Å²) >= 11 is 0. The molecule has 2 aromatic rings. The second kappa shape index (κ2) is 10.8. The Kier molecular flexibility index (Phi) is 7.74. The molecule has 1 aliphatic carbocycles. The number of rotatable bonds is 8. The molecule has 2 heterocycles. The minimum Gasteiger partial charge on any atom is -0.434 e. The average molecular weight is 486 g/mol. The highest BCUT2D eigenvalue weighted by molar-refractivity contribution is 6.05. The summed E-state index contributed by atoms with van der Waals surface area (Å²) in [4.78, 5) is 46.6. The molecule has 1 aromatic heterocycles. The van der Waals surface area contributed by atoms with Gasteiger partial charge in [-0.3, -0.25) is 9.59 Å². The molecule has 35 heavy (non-hydrogen) atoms. The Morgan fingerprint density at radius 3 is 2.49 bits per heavy atom. The van der Waals surface area contributed by atoms with Crippen molar-refractivity contribution in [1.29, 1.82) is 0 Å². The van der Waals surface area contributed by atoms with Crippen LogP contribution in [0.5, 0.6) is 0 Å². The first-order valence-corrected chi connectivity index (χ1v) is 12.6. The number of oxazole rings is 1. The monoisotopic (exact) mass is 485 g/mol. The number of morpholine rings is 1. The Balaban J connectivity index is 1.84. The van der Waals surface area contributed by atoms with Crippen LogP contribution >= 0.6 is 0 Å². The number of aromatic nitrogens is 1. The molecule has 4 rings (SSSR count). The summed E-state index contributed by atoms with van der Waals surface area (Å²) in [5.74, 6) is -2.36. The second-order valence-corrected chi connectivity index (χ2v) is 9.60. The van der Waals surface area contributed by atoms with Gasteiger partial charge >= 0.3 is 6.09 Å². The number of carbonyl (C=O) groups is 3. The van der Waals surface area contributed by atoms with Gasteiger partial charge in [0.2, 0.25) is 5.91 Å². The first-order chi connectivity index (χ1) is 16.9. The van der Waals surface area contributed by atoms with Gasteiger partial charge in [0.25, 0.3) is 11.7 Å². The molecule has 2 aliphatic rings. The number of primary amides is 1. The molecule has 1 saturated heterocycles. The van der Waals surface area contributed by atoms with E-state index in [-0.39, 0.29) is 17.7 Å². The number of hydrogen-bond acceptors (Lipinski definition) is 7. The number of amides is 2. The molecule has 9 heteroatoms. The SMILES string of the molecule is CCC(C1CCCCC1)C(OC(N)=O)(C(=O)c1nc2ccccc2o1)C(C)C(=O)N1CCOCC1. The number of para-hydroxylation sites is 2. The van der Waals surface area contributed by atoms with E-state index >= 15 is 0 Å². The van der Waals surface area contributed by atoms with Crippen LogP contribution < -0.4 is 5.73 Å². The number of nitrogens with two attached hydrogens (primary N) is 1. The van der Waals surface area contributed by atoms with Gasteiger partial charge < -0.3 is 24.5 Å². The molecule has 2 N–H and O–H groups in total. The van der Waals surface area contributed by atoms with E-state index in [4.69, 9.17) is 19.6 Å². The summed E-state index contributed by atoms with van der Waals surface area (Å²) in [6, 6.07) is 7.05. The first-order valence-electron chi connectivity index (χ1n) is 12.6. The third-order valence-corrected chi connectivity index (χ3v) is 7.66. The first kappa shape index (κ1) is 25.2. The van der Waals surface area contributed by atoms with Crippen molar-refractivity contribution < 1.29 is 28.3 Å². The molecule has 0 radical (unpaired) electrons. The number of benzene rings is 1. The molecule has 1 aliphatic heterocycles. The van der Waals surface area contributed by atoms with E-state index in [9.17, 15) is 14.4 Å². The molecular weight excluding hydrogens is 450 g/mol. The Bertz CT molecular complexity index is 1020. The van der Waals surface area contributed by atoms with Gasteiger partial charge in [0, 0.05) is 19.0 Å². The van der Waals surface area contributed by atoms with Crippen LogP contribution in [0.4, 0.5) is 4.79 Å². The van der Waals surface area contributed by atoms with Crippen LogP contribution in [0, 0.1) is 17.8 Å². The highest BCUT2D eigenvalue weighted by atomic mass is 16.6. The van der Waals surface area contributed by atoms with E-state index in [2.05, 4.69) is 4.98 Å². The Labute approximate surface area is 205 Å². The summed E-state index contributed by atoms with van der Waals surface area (Å²) in [6.45, 7) is 5.28. The van der Waals surface area contributed by atoms with Gasteiger partial charge in [-0.15, -0.1) is 0 Å². The van der Waals surface area contributed by atoms with Gasteiger partial charge in [-0.05, 0) is 31.4 Å². The molecule has 3 atom stereocenters. The highest BCUT2D eigenvalue weighted by Gasteiger charge is 2.59. The number of hydrogen-bond donors (Lipinski definition) is 1. The predicted octanol–water partition coefficient (Wildman–Crippen LogP) is 3.95. The van der Waals surface area contributed by atoms with Crippen LogP contribution in [0.3, 0.4) is 0 Å². The predicted molar refractivity (Wildman–Crippen MR) is 129 cm³/mol. The maximum absolute atomic E-state index is 14.4. The van der Waals surface area contributed by atoms with Crippen LogP contribution in [0.25, 0.3) is 11.1 Å². The lowest BCUT2D eigenvalue weighted by molar-refractivity contribution is -0.151. The van der Waals surface area contributed by atoms with Crippen molar-refractivity contribution in [3.63, 3.8) is 0 Å². The van der Waals surface area contributed by atoms with E-state index in [1.54, 1.807) is 36.1 Å². The van der Waals surface area contributed by atoms with Gasteiger partial charge in [-0.25, -0.2) is 9.78 Å². The van der Waals surface area contributed by atoms with E-state index in [1.807, 2.05) is 6.92 Å². The van der Waals surface area contributed by atoms with E-state index in [0.29, 0.717) is 43.8 Å². The zero-order valence-electron chi connectivity index (χ0n) is 20.5. The molecule has 190 valence electrons. The van der Waals surface area contributed by atoms with Gasteiger partial charge in [0.15, 0.2) is 11.2 Å². The third kappa shape index (κ3) is 4.91. The number of ketones is 1. The van der Waals surface area contributed by atoms with Crippen LogP contribution in [-0.2, 0) is 14.3 Å². The standard InChI is InChI=1S/C26H35N3O6/c1-3-19(18-9-5-4-6-10-18)26(35-25(27)32,17(2)24(31)29-13-15-33-16-14-29)22(30)23-28-20-11-7-8-12-21(20)34-23/h7-8,11-12,17-19H,3-6,9-10,13-16H2,1-2H3,(H2,27,32). The molecule has 0 bridgehead atoms. The molecule has 3 unspecified atom stereocenters. The van der Waals surface area contributed by atoms with Gasteiger partial charge in [0.1, 0.15) is 5.52 Å². The Morgan fingerprint density at radius 2 is 1.86 bits per heavy atom. The number of carbonyl (C=O) groups excluding carboxylic acids is 3. The fraction of sp³-hybridized carbons (Fsp3) is 0.615. The summed E-state index contributed by atoms with van der Waals surface area (Å²) in [5.41, 5.74) is 4.73. The molecule has 2 fully saturated rings. The smallest absolute Gasteiger partial charge is 0.405 e. The van der Waals surface area contributed by atoms with Crippen molar-refractivity contribution >= 4 is 28.9 Å². The highest BCUT2D eigenvalue weighted by Crippen LogP contribution is 2.45. The lowest BCUT2D eigenvalue weighted by Crippen LogP contribution is -2.61. The van der Waals surface area contributed by atoms with Gasteiger partial charge in [0.05, 0.1) is 19.1 Å². The van der Waals surface area contributed by atoms with Crippen molar-refractivity contribution in [3.05, 3.63) is 30.2 Å². The van der Waals surface area contributed by atoms with Gasteiger partial charge in [-0.2, -0.15) is 0 Å². The summed E-state index contributed by atoms with van der Waals surface area (Å²) in [6.07, 6.45) is 4.39. The molecule has 1 aromatic carbocycles.